The molecular formula is C18H11F3N4OS2. The largest absolute Gasteiger partial charge is 0.398 e. The van der Waals surface area contributed by atoms with E-state index in [4.69, 9.17) is 0 Å². The first-order valence-electron chi connectivity index (χ1n) is 8.00. The third kappa shape index (κ3) is 3.78. The van der Waals surface area contributed by atoms with Gasteiger partial charge in [0.05, 0.1) is 11.4 Å². The second kappa shape index (κ2) is 7.36. The molecule has 142 valence electrons. The van der Waals surface area contributed by atoms with E-state index in [1.165, 1.54) is 22.2 Å². The van der Waals surface area contributed by atoms with Crippen LogP contribution in [0.5, 0.6) is 0 Å². The molecule has 0 radical (unpaired) electrons. The summed E-state index contributed by atoms with van der Waals surface area (Å²) in [7, 11) is 0. The summed E-state index contributed by atoms with van der Waals surface area (Å²) in [5.74, 6) is -1.04. The van der Waals surface area contributed by atoms with E-state index in [2.05, 4.69) is 15.0 Å². The number of thioether (sulfide) groups is 1. The topological polar surface area (TPSA) is 60.7 Å². The fourth-order valence-electron chi connectivity index (χ4n) is 2.54. The van der Waals surface area contributed by atoms with Crippen molar-refractivity contribution in [2.45, 2.75) is 11.1 Å². The average molecular weight is 420 g/mol. The maximum Gasteiger partial charge on any atom is 0.398 e. The van der Waals surface area contributed by atoms with Crippen LogP contribution in [0.4, 0.5) is 13.2 Å². The maximum absolute atomic E-state index is 13.0. The second-order valence-electron chi connectivity index (χ2n) is 5.70. The molecule has 0 bridgehead atoms. The van der Waals surface area contributed by atoms with Gasteiger partial charge in [0, 0.05) is 22.9 Å². The van der Waals surface area contributed by atoms with Gasteiger partial charge in [0.2, 0.25) is 0 Å². The number of alkyl halides is 3. The van der Waals surface area contributed by atoms with Gasteiger partial charge in [-0.3, -0.25) is 14.3 Å². The van der Waals surface area contributed by atoms with Gasteiger partial charge >= 0.3 is 6.18 Å². The third-order valence-corrected chi connectivity index (χ3v) is 5.95. The van der Waals surface area contributed by atoms with Crippen LogP contribution in [0.25, 0.3) is 26.6 Å². The van der Waals surface area contributed by atoms with E-state index < -0.39 is 11.9 Å². The Morgan fingerprint density at radius 3 is 2.71 bits per heavy atom. The third-order valence-electron chi connectivity index (χ3n) is 3.74. The first kappa shape index (κ1) is 18.6. The van der Waals surface area contributed by atoms with Gasteiger partial charge in [-0.25, -0.2) is 9.97 Å². The fourth-order valence-corrected chi connectivity index (χ4v) is 4.28. The minimum Gasteiger partial charge on any atom is -0.267 e. The summed E-state index contributed by atoms with van der Waals surface area (Å²) in [5.41, 5.74) is 1.04. The Kier molecular flexibility index (Phi) is 4.90. The van der Waals surface area contributed by atoms with Crippen molar-refractivity contribution in [2.24, 2.45) is 0 Å². The predicted octanol–water partition coefficient (Wildman–Crippen LogP) is 4.56. The van der Waals surface area contributed by atoms with Gasteiger partial charge in [0.15, 0.2) is 5.65 Å². The standard InChI is InChI=1S/C18H11F3N4OS2/c19-18(20,21)9-27-13-6-2-1-5-12(13)25-10-23-15-14(17(25)26)28-16(24-15)11-4-3-7-22-8-11/h1-8,10H,9H2. The molecule has 0 saturated heterocycles. The zero-order chi connectivity index (χ0) is 19.7. The number of halogens is 3. The van der Waals surface area contributed by atoms with Crippen LogP contribution in [0.1, 0.15) is 0 Å². The van der Waals surface area contributed by atoms with Crippen LogP contribution in [0.3, 0.4) is 0 Å². The number of pyridine rings is 1. The van der Waals surface area contributed by atoms with Gasteiger partial charge in [0.1, 0.15) is 16.0 Å². The van der Waals surface area contributed by atoms with Crippen molar-refractivity contribution < 1.29 is 13.2 Å². The van der Waals surface area contributed by atoms with Gasteiger partial charge in [-0.05, 0) is 24.3 Å². The van der Waals surface area contributed by atoms with E-state index in [1.807, 2.05) is 6.07 Å². The molecule has 0 atom stereocenters. The Morgan fingerprint density at radius 1 is 1.14 bits per heavy atom. The summed E-state index contributed by atoms with van der Waals surface area (Å²) in [6.07, 6.45) is 0.266. The highest BCUT2D eigenvalue weighted by molar-refractivity contribution is 7.99. The van der Waals surface area contributed by atoms with E-state index in [0.29, 0.717) is 37.7 Å². The molecule has 1 aromatic carbocycles. The van der Waals surface area contributed by atoms with Crippen LogP contribution in [0, 0.1) is 0 Å². The number of aromatic nitrogens is 4. The second-order valence-corrected chi connectivity index (χ2v) is 7.72. The van der Waals surface area contributed by atoms with Crippen molar-refractivity contribution in [3.63, 3.8) is 0 Å². The van der Waals surface area contributed by atoms with Crippen molar-refractivity contribution in [1.29, 1.82) is 0 Å². The number of hydrogen-bond donors (Lipinski definition) is 0. The molecule has 0 N–H and O–H groups in total. The van der Waals surface area contributed by atoms with Crippen LogP contribution in [0.2, 0.25) is 0 Å². The van der Waals surface area contributed by atoms with E-state index >= 15 is 0 Å². The zero-order valence-electron chi connectivity index (χ0n) is 14.1. The average Bonchev–Trinajstić information content (AvgIpc) is 3.13. The van der Waals surface area contributed by atoms with E-state index in [-0.39, 0.29) is 5.56 Å². The molecule has 0 saturated carbocycles. The highest BCUT2D eigenvalue weighted by atomic mass is 32.2. The smallest absolute Gasteiger partial charge is 0.267 e. The summed E-state index contributed by atoms with van der Waals surface area (Å²) >= 11 is 1.81. The van der Waals surface area contributed by atoms with Crippen LogP contribution in [0.15, 0.2) is 64.8 Å². The summed E-state index contributed by atoms with van der Waals surface area (Å²) in [6, 6.07) is 10.0. The molecule has 0 aliphatic heterocycles. The summed E-state index contributed by atoms with van der Waals surface area (Å²) in [6.45, 7) is 0. The number of para-hydroxylation sites is 1. The summed E-state index contributed by atoms with van der Waals surface area (Å²) in [5, 5.41) is 0.602. The molecule has 0 amide bonds. The van der Waals surface area contributed by atoms with Crippen LogP contribution in [-0.4, -0.2) is 31.4 Å². The summed E-state index contributed by atoms with van der Waals surface area (Å²) in [4.78, 5) is 26.0. The quantitative estimate of drug-likeness (QED) is 0.453. The van der Waals surface area contributed by atoms with Crippen molar-refractivity contribution >= 4 is 33.4 Å². The van der Waals surface area contributed by atoms with E-state index in [0.717, 1.165) is 5.56 Å². The highest BCUT2D eigenvalue weighted by Gasteiger charge is 2.28. The van der Waals surface area contributed by atoms with Gasteiger partial charge in [0.25, 0.3) is 5.56 Å². The molecule has 10 heteroatoms. The molecule has 3 heterocycles. The Morgan fingerprint density at radius 2 is 1.96 bits per heavy atom. The number of rotatable bonds is 4. The van der Waals surface area contributed by atoms with Gasteiger partial charge < -0.3 is 0 Å². The molecule has 0 fully saturated rings. The van der Waals surface area contributed by atoms with E-state index in [9.17, 15) is 18.0 Å². The molecule has 0 spiro atoms. The number of nitrogens with zero attached hydrogens (tertiary/aromatic N) is 4. The van der Waals surface area contributed by atoms with Crippen LogP contribution >= 0.6 is 23.1 Å². The lowest BCUT2D eigenvalue weighted by Crippen LogP contribution is -2.19. The molecule has 0 aliphatic carbocycles. The lowest BCUT2D eigenvalue weighted by Gasteiger charge is -2.12. The van der Waals surface area contributed by atoms with E-state index in [1.54, 1.807) is 42.7 Å². The normalized spacial score (nSPS) is 11.8. The van der Waals surface area contributed by atoms with Crippen LogP contribution in [-0.2, 0) is 0 Å². The van der Waals surface area contributed by atoms with Crippen molar-refractivity contribution in [2.75, 3.05) is 5.75 Å². The maximum atomic E-state index is 13.0. The zero-order valence-corrected chi connectivity index (χ0v) is 15.7. The molecule has 28 heavy (non-hydrogen) atoms. The van der Waals surface area contributed by atoms with Gasteiger partial charge in [-0.15, -0.1) is 23.1 Å². The minimum atomic E-state index is -4.30. The van der Waals surface area contributed by atoms with Crippen LogP contribution < -0.4 is 5.56 Å². The lowest BCUT2D eigenvalue weighted by atomic mass is 10.3. The molecule has 4 rings (SSSR count). The number of hydrogen-bond acceptors (Lipinski definition) is 6. The van der Waals surface area contributed by atoms with Gasteiger partial charge in [-0.1, -0.05) is 12.1 Å². The molecule has 3 aromatic heterocycles. The predicted molar refractivity (Wildman–Crippen MR) is 103 cm³/mol. The molecule has 0 aliphatic rings. The molecular weight excluding hydrogens is 409 g/mol. The first-order valence-corrected chi connectivity index (χ1v) is 9.80. The monoisotopic (exact) mass is 420 g/mol. The lowest BCUT2D eigenvalue weighted by molar-refractivity contribution is -0.105. The Balaban J connectivity index is 1.79. The number of thiazole rings is 1. The molecule has 5 nitrogen and oxygen atoms in total. The Labute approximate surface area is 164 Å². The summed E-state index contributed by atoms with van der Waals surface area (Å²) < 4.78 is 39.4. The Bertz CT molecular complexity index is 1190. The minimum absolute atomic E-state index is 0.297. The highest BCUT2D eigenvalue weighted by Crippen LogP contribution is 2.31. The van der Waals surface area contributed by atoms with Crippen molar-refractivity contribution in [3.8, 4) is 16.3 Å². The van der Waals surface area contributed by atoms with Crippen molar-refractivity contribution in [1.82, 2.24) is 19.5 Å². The Hall–Kier alpha value is -2.72. The molecule has 0 unspecified atom stereocenters. The van der Waals surface area contributed by atoms with Gasteiger partial charge in [-0.2, -0.15) is 13.2 Å². The van der Waals surface area contributed by atoms with Crippen molar-refractivity contribution in [3.05, 3.63) is 65.5 Å². The molecule has 4 aromatic rings. The fraction of sp³-hybridized carbons (Fsp3) is 0.111. The number of fused-ring (bicyclic) bond motifs is 1. The first-order chi connectivity index (χ1) is 13.4. The number of benzene rings is 1. The SMILES string of the molecule is O=c1c2sc(-c3cccnc3)nc2ncn1-c1ccccc1SCC(F)(F)F.